The molecule has 0 aromatic carbocycles. The number of guanidine groups is 1. The number of hydrogen-bond donors (Lipinski definition) is 3. The summed E-state index contributed by atoms with van der Waals surface area (Å²) in [5.41, 5.74) is 5.40. The SMILES string of the molecule is CC(C)CCNC(N)=NCC(=O)NC(C)(C)C.I. The number of nitrogens with one attached hydrogen (secondary N) is 2. The van der Waals surface area contributed by atoms with Crippen molar-refractivity contribution in [3.63, 3.8) is 0 Å². The van der Waals surface area contributed by atoms with Crippen molar-refractivity contribution >= 4 is 35.8 Å². The zero-order chi connectivity index (χ0) is 13.5. The molecule has 0 bridgehead atoms. The number of amides is 1. The molecular weight excluding hydrogens is 343 g/mol. The van der Waals surface area contributed by atoms with E-state index in [1.807, 2.05) is 20.8 Å². The van der Waals surface area contributed by atoms with Crippen LogP contribution in [0.25, 0.3) is 0 Å². The Kier molecular flexibility index (Phi) is 10.3. The fraction of sp³-hybridized carbons (Fsp3) is 0.833. The third-order valence-corrected chi connectivity index (χ3v) is 1.94. The van der Waals surface area contributed by atoms with Crippen molar-refractivity contribution in [2.75, 3.05) is 13.1 Å². The van der Waals surface area contributed by atoms with Gasteiger partial charge in [-0.3, -0.25) is 4.79 Å². The molecule has 0 aliphatic carbocycles. The molecule has 4 N–H and O–H groups in total. The predicted octanol–water partition coefficient (Wildman–Crippen LogP) is 1.47. The van der Waals surface area contributed by atoms with Crippen LogP contribution >= 0.6 is 24.0 Å². The number of nitrogens with zero attached hydrogens (tertiary/aromatic N) is 1. The normalized spacial score (nSPS) is 12.0. The molecule has 0 fully saturated rings. The lowest BCUT2D eigenvalue weighted by atomic mass is 10.1. The summed E-state index contributed by atoms with van der Waals surface area (Å²) >= 11 is 0. The Morgan fingerprint density at radius 1 is 1.33 bits per heavy atom. The van der Waals surface area contributed by atoms with Crippen LogP contribution in [0.15, 0.2) is 4.99 Å². The van der Waals surface area contributed by atoms with E-state index in [-0.39, 0.29) is 42.0 Å². The van der Waals surface area contributed by atoms with Crippen molar-refractivity contribution in [3.05, 3.63) is 0 Å². The molecule has 0 saturated carbocycles. The van der Waals surface area contributed by atoms with Crippen molar-refractivity contribution in [2.24, 2.45) is 16.6 Å². The van der Waals surface area contributed by atoms with Crippen LogP contribution in [0.5, 0.6) is 0 Å². The Morgan fingerprint density at radius 2 is 1.89 bits per heavy atom. The molecule has 108 valence electrons. The first-order chi connectivity index (χ1) is 7.70. The van der Waals surface area contributed by atoms with Gasteiger partial charge in [-0.1, -0.05) is 13.8 Å². The first kappa shape index (κ1) is 19.8. The number of hydrogen-bond acceptors (Lipinski definition) is 2. The molecule has 0 aliphatic rings. The molecule has 0 aromatic rings. The van der Waals surface area contributed by atoms with E-state index in [2.05, 4.69) is 29.5 Å². The Balaban J connectivity index is 0. The van der Waals surface area contributed by atoms with Gasteiger partial charge in [0.15, 0.2) is 5.96 Å². The van der Waals surface area contributed by atoms with Gasteiger partial charge in [-0.05, 0) is 33.1 Å². The number of halogens is 1. The molecule has 0 saturated heterocycles. The Bertz CT molecular complexity index is 272. The maximum Gasteiger partial charge on any atom is 0.242 e. The van der Waals surface area contributed by atoms with Crippen molar-refractivity contribution in [2.45, 2.75) is 46.6 Å². The van der Waals surface area contributed by atoms with Crippen molar-refractivity contribution in [1.82, 2.24) is 10.6 Å². The largest absolute Gasteiger partial charge is 0.370 e. The molecule has 0 atom stereocenters. The first-order valence-corrected chi connectivity index (χ1v) is 6.05. The topological polar surface area (TPSA) is 79.5 Å². The lowest BCUT2D eigenvalue weighted by molar-refractivity contribution is -0.121. The van der Waals surface area contributed by atoms with E-state index in [0.29, 0.717) is 11.9 Å². The van der Waals surface area contributed by atoms with Crippen LogP contribution in [-0.4, -0.2) is 30.5 Å². The van der Waals surface area contributed by atoms with Crippen LogP contribution in [0.3, 0.4) is 0 Å². The Morgan fingerprint density at radius 3 is 2.33 bits per heavy atom. The maximum atomic E-state index is 11.4. The second-order valence-corrected chi connectivity index (χ2v) is 5.61. The standard InChI is InChI=1S/C12H26N4O.HI/c1-9(2)6-7-14-11(13)15-8-10(17)16-12(3,4)5;/h9H,6-8H2,1-5H3,(H,16,17)(H3,13,14,15);1H. The Labute approximate surface area is 127 Å². The number of aliphatic imine (C=N–C) groups is 1. The van der Waals surface area contributed by atoms with Crippen molar-refractivity contribution in [3.8, 4) is 0 Å². The van der Waals surface area contributed by atoms with Gasteiger partial charge in [-0.2, -0.15) is 0 Å². The molecule has 5 nitrogen and oxygen atoms in total. The van der Waals surface area contributed by atoms with E-state index in [1.54, 1.807) is 0 Å². The summed E-state index contributed by atoms with van der Waals surface area (Å²) in [6.07, 6.45) is 1.03. The highest BCUT2D eigenvalue weighted by Gasteiger charge is 2.12. The van der Waals surface area contributed by atoms with Gasteiger partial charge in [0.2, 0.25) is 5.91 Å². The summed E-state index contributed by atoms with van der Waals surface area (Å²) in [4.78, 5) is 15.4. The van der Waals surface area contributed by atoms with Crippen LogP contribution in [-0.2, 0) is 4.79 Å². The average Bonchev–Trinajstić information content (AvgIpc) is 2.11. The van der Waals surface area contributed by atoms with Gasteiger partial charge in [-0.15, -0.1) is 24.0 Å². The van der Waals surface area contributed by atoms with E-state index < -0.39 is 0 Å². The van der Waals surface area contributed by atoms with Gasteiger partial charge in [0.25, 0.3) is 0 Å². The second kappa shape index (κ2) is 9.41. The summed E-state index contributed by atoms with van der Waals surface area (Å²) < 4.78 is 0. The van der Waals surface area contributed by atoms with E-state index in [1.165, 1.54) is 0 Å². The van der Waals surface area contributed by atoms with E-state index in [4.69, 9.17) is 5.73 Å². The third kappa shape index (κ3) is 13.5. The molecule has 1 amide bonds. The van der Waals surface area contributed by atoms with E-state index >= 15 is 0 Å². The lowest BCUT2D eigenvalue weighted by Gasteiger charge is -2.19. The minimum absolute atomic E-state index is 0. The van der Waals surface area contributed by atoms with Crippen LogP contribution in [0.2, 0.25) is 0 Å². The smallest absolute Gasteiger partial charge is 0.242 e. The van der Waals surface area contributed by atoms with Crippen LogP contribution in [0.4, 0.5) is 0 Å². The summed E-state index contributed by atoms with van der Waals surface area (Å²) in [7, 11) is 0. The fourth-order valence-electron chi connectivity index (χ4n) is 1.16. The van der Waals surface area contributed by atoms with Crippen molar-refractivity contribution < 1.29 is 4.79 Å². The summed E-state index contributed by atoms with van der Waals surface area (Å²) in [5, 5.41) is 5.80. The zero-order valence-corrected chi connectivity index (χ0v) is 14.4. The number of carbonyl (C=O) groups excluding carboxylic acids is 1. The molecule has 0 aromatic heterocycles. The molecular formula is C12H27IN4O. The quantitative estimate of drug-likeness (QED) is 0.390. The highest BCUT2D eigenvalue weighted by molar-refractivity contribution is 14.0. The minimum Gasteiger partial charge on any atom is -0.370 e. The molecule has 0 rings (SSSR count). The van der Waals surface area contributed by atoms with Gasteiger partial charge in [-0.25, -0.2) is 4.99 Å². The van der Waals surface area contributed by atoms with Crippen LogP contribution in [0, 0.1) is 5.92 Å². The fourth-order valence-corrected chi connectivity index (χ4v) is 1.16. The van der Waals surface area contributed by atoms with Crippen LogP contribution in [0.1, 0.15) is 41.0 Å². The molecule has 0 radical (unpaired) electrons. The van der Waals surface area contributed by atoms with Gasteiger partial charge < -0.3 is 16.4 Å². The molecule has 0 spiro atoms. The van der Waals surface area contributed by atoms with Gasteiger partial charge in [0.1, 0.15) is 6.54 Å². The molecule has 6 heteroatoms. The highest BCUT2D eigenvalue weighted by Crippen LogP contribution is 1.98. The highest BCUT2D eigenvalue weighted by atomic mass is 127. The van der Waals surface area contributed by atoms with Gasteiger partial charge in [0.05, 0.1) is 0 Å². The predicted molar refractivity (Wildman–Crippen MR) is 87.3 cm³/mol. The average molecular weight is 370 g/mol. The van der Waals surface area contributed by atoms with E-state index in [9.17, 15) is 4.79 Å². The number of carbonyl (C=O) groups is 1. The third-order valence-electron chi connectivity index (χ3n) is 1.94. The second-order valence-electron chi connectivity index (χ2n) is 5.61. The van der Waals surface area contributed by atoms with Gasteiger partial charge >= 0.3 is 0 Å². The van der Waals surface area contributed by atoms with E-state index in [0.717, 1.165) is 13.0 Å². The maximum absolute atomic E-state index is 11.4. The van der Waals surface area contributed by atoms with Gasteiger partial charge in [0, 0.05) is 12.1 Å². The van der Waals surface area contributed by atoms with Crippen molar-refractivity contribution in [1.29, 1.82) is 0 Å². The number of nitrogens with two attached hydrogens (primary N) is 1. The first-order valence-electron chi connectivity index (χ1n) is 6.05. The molecule has 0 aliphatic heterocycles. The van der Waals surface area contributed by atoms with Crippen LogP contribution < -0.4 is 16.4 Å². The lowest BCUT2D eigenvalue weighted by Crippen LogP contribution is -2.42. The molecule has 0 heterocycles. The monoisotopic (exact) mass is 370 g/mol. The summed E-state index contributed by atoms with van der Waals surface area (Å²) in [5.74, 6) is 0.834. The summed E-state index contributed by atoms with van der Waals surface area (Å²) in [6.45, 7) is 10.9. The molecule has 18 heavy (non-hydrogen) atoms. The minimum atomic E-state index is -0.230. The number of rotatable bonds is 5. The Hall–Kier alpha value is -0.530. The molecule has 0 unspecified atom stereocenters. The zero-order valence-electron chi connectivity index (χ0n) is 12.0. The summed E-state index contributed by atoms with van der Waals surface area (Å²) in [6, 6.07) is 0.